The summed E-state index contributed by atoms with van der Waals surface area (Å²) < 4.78 is 2.06. The van der Waals surface area contributed by atoms with Gasteiger partial charge in [0.1, 0.15) is 5.82 Å². The maximum absolute atomic E-state index is 5.80. The number of hydrogen-bond acceptors (Lipinski definition) is 3. The number of likely N-dealkylation sites (tertiary alicyclic amines) is 1. The molecule has 1 aromatic heterocycles. The Bertz CT molecular complexity index is 348. The van der Waals surface area contributed by atoms with E-state index < -0.39 is 0 Å². The molecule has 0 bridgehead atoms. The van der Waals surface area contributed by atoms with Crippen LogP contribution in [0.4, 0.5) is 5.82 Å². The van der Waals surface area contributed by atoms with Gasteiger partial charge in [-0.15, -0.1) is 0 Å². The molecule has 1 aromatic rings. The summed E-state index contributed by atoms with van der Waals surface area (Å²) in [7, 11) is 0. The first-order valence-corrected chi connectivity index (χ1v) is 6.73. The zero-order valence-electron chi connectivity index (χ0n) is 11.0. The van der Waals surface area contributed by atoms with Gasteiger partial charge >= 0.3 is 0 Å². The molecule has 2 rings (SSSR count). The van der Waals surface area contributed by atoms with E-state index in [0.29, 0.717) is 11.9 Å². The van der Waals surface area contributed by atoms with Crippen molar-refractivity contribution in [3.05, 3.63) is 11.8 Å². The molecule has 0 saturated carbocycles. The first-order chi connectivity index (χ1) is 8.16. The monoisotopic (exact) mass is 236 g/mol. The second kappa shape index (κ2) is 5.54. The fourth-order valence-corrected chi connectivity index (χ4v) is 2.54. The number of aromatic nitrogens is 2. The molecule has 0 amide bonds. The molecule has 96 valence electrons. The highest BCUT2D eigenvalue weighted by molar-refractivity contribution is 5.29. The summed E-state index contributed by atoms with van der Waals surface area (Å²) in [6.45, 7) is 7.71. The van der Waals surface area contributed by atoms with E-state index in [4.69, 9.17) is 5.73 Å². The Balaban J connectivity index is 2.06. The minimum absolute atomic E-state index is 0.384. The molecule has 1 fully saturated rings. The van der Waals surface area contributed by atoms with Crippen LogP contribution in [0.25, 0.3) is 0 Å². The maximum atomic E-state index is 5.80. The van der Waals surface area contributed by atoms with Crippen molar-refractivity contribution in [2.75, 3.05) is 18.8 Å². The average molecular weight is 236 g/mol. The normalized spacial score (nSPS) is 18.5. The summed E-state index contributed by atoms with van der Waals surface area (Å²) in [5, 5.41) is 4.37. The molecular formula is C13H24N4. The lowest BCUT2D eigenvalue weighted by atomic mass is 10.2. The van der Waals surface area contributed by atoms with Crippen LogP contribution < -0.4 is 5.73 Å². The molecule has 0 aromatic carbocycles. The Labute approximate surface area is 104 Å². The third kappa shape index (κ3) is 3.22. The summed E-state index contributed by atoms with van der Waals surface area (Å²) >= 11 is 0. The second-order valence-electron chi connectivity index (χ2n) is 5.29. The van der Waals surface area contributed by atoms with Crippen molar-refractivity contribution >= 4 is 5.82 Å². The standard InChI is InChI=1S/C13H24N4/c1-11(2)17-12(9-13(14)15-17)10-16-7-5-3-4-6-8-16/h9,11H,3-8,10H2,1-2H3,(H2,14,15). The van der Waals surface area contributed by atoms with Crippen LogP contribution in [0.2, 0.25) is 0 Å². The van der Waals surface area contributed by atoms with E-state index in [9.17, 15) is 0 Å². The third-order valence-electron chi connectivity index (χ3n) is 3.41. The van der Waals surface area contributed by atoms with Crippen molar-refractivity contribution in [1.82, 2.24) is 14.7 Å². The molecule has 0 aliphatic carbocycles. The maximum Gasteiger partial charge on any atom is 0.145 e. The molecule has 0 atom stereocenters. The summed E-state index contributed by atoms with van der Waals surface area (Å²) in [4.78, 5) is 2.53. The molecular weight excluding hydrogens is 212 g/mol. The van der Waals surface area contributed by atoms with Gasteiger partial charge in [0.2, 0.25) is 0 Å². The number of nitrogens with two attached hydrogens (primary N) is 1. The fraction of sp³-hybridized carbons (Fsp3) is 0.769. The minimum Gasteiger partial charge on any atom is -0.382 e. The van der Waals surface area contributed by atoms with Gasteiger partial charge in [-0.3, -0.25) is 9.58 Å². The molecule has 4 nitrogen and oxygen atoms in total. The highest BCUT2D eigenvalue weighted by Gasteiger charge is 2.14. The van der Waals surface area contributed by atoms with Crippen LogP contribution in [0.1, 0.15) is 51.3 Å². The van der Waals surface area contributed by atoms with Gasteiger partial charge in [0.15, 0.2) is 0 Å². The summed E-state index contributed by atoms with van der Waals surface area (Å²) in [6, 6.07) is 2.40. The molecule has 0 radical (unpaired) electrons. The second-order valence-corrected chi connectivity index (χ2v) is 5.29. The van der Waals surface area contributed by atoms with Crippen LogP contribution in [-0.4, -0.2) is 27.8 Å². The molecule has 2 N–H and O–H groups in total. The minimum atomic E-state index is 0.384. The Morgan fingerprint density at radius 3 is 2.47 bits per heavy atom. The van der Waals surface area contributed by atoms with Gasteiger partial charge in [-0.1, -0.05) is 12.8 Å². The largest absolute Gasteiger partial charge is 0.382 e. The van der Waals surface area contributed by atoms with Crippen molar-refractivity contribution in [3.63, 3.8) is 0 Å². The SMILES string of the molecule is CC(C)n1nc(N)cc1CN1CCCCCC1. The summed E-state index contributed by atoms with van der Waals surface area (Å²) in [6.07, 6.45) is 5.40. The molecule has 0 spiro atoms. The Hall–Kier alpha value is -1.03. The highest BCUT2D eigenvalue weighted by atomic mass is 15.3. The van der Waals surface area contributed by atoms with Crippen LogP contribution in [0, 0.1) is 0 Å². The van der Waals surface area contributed by atoms with E-state index in [0.717, 1.165) is 6.54 Å². The molecule has 0 unspecified atom stereocenters. The lowest BCUT2D eigenvalue weighted by Gasteiger charge is -2.21. The number of nitrogen functional groups attached to an aromatic ring is 1. The third-order valence-corrected chi connectivity index (χ3v) is 3.41. The van der Waals surface area contributed by atoms with Gasteiger partial charge in [-0.25, -0.2) is 0 Å². The molecule has 2 heterocycles. The smallest absolute Gasteiger partial charge is 0.145 e. The quantitative estimate of drug-likeness (QED) is 0.876. The van der Waals surface area contributed by atoms with Crippen LogP contribution in [0.3, 0.4) is 0 Å². The number of anilines is 1. The summed E-state index contributed by atoms with van der Waals surface area (Å²) in [5.41, 5.74) is 7.05. The van der Waals surface area contributed by atoms with Crippen LogP contribution >= 0.6 is 0 Å². The first-order valence-electron chi connectivity index (χ1n) is 6.73. The van der Waals surface area contributed by atoms with Crippen molar-refractivity contribution in [1.29, 1.82) is 0 Å². The lowest BCUT2D eigenvalue weighted by molar-refractivity contribution is 0.265. The van der Waals surface area contributed by atoms with E-state index >= 15 is 0 Å². The van der Waals surface area contributed by atoms with Crippen LogP contribution in [-0.2, 0) is 6.54 Å². The van der Waals surface area contributed by atoms with Crippen molar-refractivity contribution in [2.45, 2.75) is 52.1 Å². The zero-order chi connectivity index (χ0) is 12.3. The van der Waals surface area contributed by atoms with E-state index in [-0.39, 0.29) is 0 Å². The first kappa shape index (κ1) is 12.4. The van der Waals surface area contributed by atoms with Crippen LogP contribution in [0.5, 0.6) is 0 Å². The van der Waals surface area contributed by atoms with Gasteiger partial charge in [0.05, 0.1) is 5.69 Å². The highest BCUT2D eigenvalue weighted by Crippen LogP contribution is 2.17. The van der Waals surface area contributed by atoms with Gasteiger partial charge in [0, 0.05) is 18.7 Å². The Morgan fingerprint density at radius 2 is 1.88 bits per heavy atom. The fourth-order valence-electron chi connectivity index (χ4n) is 2.54. The van der Waals surface area contributed by atoms with E-state index in [1.54, 1.807) is 0 Å². The van der Waals surface area contributed by atoms with E-state index in [2.05, 4.69) is 28.5 Å². The Morgan fingerprint density at radius 1 is 1.24 bits per heavy atom. The molecule has 4 heteroatoms. The summed E-state index contributed by atoms with van der Waals surface area (Å²) in [5.74, 6) is 0.642. The van der Waals surface area contributed by atoms with Crippen LogP contribution in [0.15, 0.2) is 6.07 Å². The van der Waals surface area contributed by atoms with E-state index in [1.165, 1.54) is 44.5 Å². The molecule has 1 saturated heterocycles. The molecule has 17 heavy (non-hydrogen) atoms. The molecule has 1 aliphatic rings. The number of nitrogens with zero attached hydrogens (tertiary/aromatic N) is 3. The van der Waals surface area contributed by atoms with Gasteiger partial charge in [-0.2, -0.15) is 5.10 Å². The lowest BCUT2D eigenvalue weighted by Crippen LogP contribution is -2.25. The van der Waals surface area contributed by atoms with Crippen molar-refractivity contribution in [2.24, 2.45) is 0 Å². The van der Waals surface area contributed by atoms with Crippen molar-refractivity contribution < 1.29 is 0 Å². The zero-order valence-corrected chi connectivity index (χ0v) is 11.0. The van der Waals surface area contributed by atoms with Crippen molar-refractivity contribution in [3.8, 4) is 0 Å². The molecule has 1 aliphatic heterocycles. The van der Waals surface area contributed by atoms with E-state index in [1.807, 2.05) is 6.07 Å². The topological polar surface area (TPSA) is 47.1 Å². The van der Waals surface area contributed by atoms with Gasteiger partial charge < -0.3 is 5.73 Å². The predicted octanol–water partition coefficient (Wildman–Crippen LogP) is 2.42. The number of rotatable bonds is 3. The van der Waals surface area contributed by atoms with Gasteiger partial charge in [-0.05, 0) is 39.8 Å². The number of hydrogen-bond donors (Lipinski definition) is 1. The predicted molar refractivity (Wildman–Crippen MR) is 70.8 cm³/mol. The Kier molecular flexibility index (Phi) is 4.05. The van der Waals surface area contributed by atoms with Gasteiger partial charge in [0.25, 0.3) is 0 Å². The average Bonchev–Trinajstić information content (AvgIpc) is 2.50.